The summed E-state index contributed by atoms with van der Waals surface area (Å²) in [5, 5.41) is 19.9. The van der Waals surface area contributed by atoms with Gasteiger partial charge in [-0.3, -0.25) is 10.1 Å². The van der Waals surface area contributed by atoms with E-state index in [1.165, 1.54) is 0 Å². The van der Waals surface area contributed by atoms with Crippen LogP contribution in [-0.2, 0) is 6.18 Å². The van der Waals surface area contributed by atoms with Crippen LogP contribution in [0, 0.1) is 10.1 Å². The van der Waals surface area contributed by atoms with Crippen LogP contribution in [0.25, 0.3) is 0 Å². The zero-order valence-electron chi connectivity index (χ0n) is 8.44. The molecule has 0 aromatic heterocycles. The highest BCUT2D eigenvalue weighted by Crippen LogP contribution is 2.34. The fraction of sp³-hybridized carbons (Fsp3) is 0.333. The highest BCUT2D eigenvalue weighted by atomic mass is 19.4. The molecule has 8 heteroatoms. The Labute approximate surface area is 93.8 Å². The van der Waals surface area contributed by atoms with Crippen molar-refractivity contribution in [3.8, 4) is 0 Å². The Morgan fingerprint density at radius 2 is 2.06 bits per heavy atom. The van der Waals surface area contributed by atoms with Gasteiger partial charge in [0.1, 0.15) is 0 Å². The lowest BCUT2D eigenvalue weighted by molar-refractivity contribution is -0.386. The van der Waals surface area contributed by atoms with E-state index >= 15 is 0 Å². The zero-order valence-corrected chi connectivity index (χ0v) is 8.44. The molecule has 0 heterocycles. The minimum atomic E-state index is -4.67. The lowest BCUT2D eigenvalue weighted by atomic mass is 10.0. The summed E-state index contributed by atoms with van der Waals surface area (Å²) >= 11 is 0. The number of hydrogen-bond donors (Lipinski definition) is 2. The number of nitrogens with zero attached hydrogens (tertiary/aromatic N) is 1. The van der Waals surface area contributed by atoms with Crippen molar-refractivity contribution in [2.24, 2.45) is 5.73 Å². The molecule has 5 nitrogen and oxygen atoms in total. The number of aliphatic hydroxyl groups excluding tert-OH is 1. The molecule has 1 aromatic carbocycles. The maximum absolute atomic E-state index is 12.3. The summed E-state index contributed by atoms with van der Waals surface area (Å²) in [6, 6.07) is 1.91. The molecule has 1 atom stereocenters. The maximum atomic E-state index is 12.3. The quantitative estimate of drug-likeness (QED) is 0.629. The summed E-state index contributed by atoms with van der Waals surface area (Å²) in [5.41, 5.74) is 2.94. The summed E-state index contributed by atoms with van der Waals surface area (Å²) in [5.74, 6) is 0. The SMILES string of the molecule is NCC(O)c1ccc(C(F)(F)F)cc1[N+](=O)[O-]. The van der Waals surface area contributed by atoms with E-state index in [-0.39, 0.29) is 12.1 Å². The van der Waals surface area contributed by atoms with E-state index in [4.69, 9.17) is 5.73 Å². The van der Waals surface area contributed by atoms with E-state index < -0.39 is 28.5 Å². The molecule has 0 aliphatic rings. The van der Waals surface area contributed by atoms with Gasteiger partial charge in [0, 0.05) is 12.6 Å². The molecule has 0 saturated heterocycles. The number of nitrogens with two attached hydrogens (primary N) is 1. The zero-order chi connectivity index (χ0) is 13.2. The highest BCUT2D eigenvalue weighted by molar-refractivity contribution is 5.45. The number of nitro benzene ring substituents is 1. The summed E-state index contributed by atoms with van der Waals surface area (Å²) in [4.78, 5) is 9.62. The molecule has 17 heavy (non-hydrogen) atoms. The molecule has 0 aliphatic heterocycles. The van der Waals surface area contributed by atoms with Crippen LogP contribution in [0.1, 0.15) is 17.2 Å². The van der Waals surface area contributed by atoms with Crippen LogP contribution in [0.5, 0.6) is 0 Å². The van der Waals surface area contributed by atoms with Crippen LogP contribution >= 0.6 is 0 Å². The van der Waals surface area contributed by atoms with E-state index in [1.807, 2.05) is 0 Å². The first-order valence-electron chi connectivity index (χ1n) is 4.51. The lowest BCUT2D eigenvalue weighted by Gasteiger charge is -2.11. The van der Waals surface area contributed by atoms with E-state index in [2.05, 4.69) is 0 Å². The Morgan fingerprint density at radius 1 is 1.47 bits per heavy atom. The molecule has 0 aliphatic carbocycles. The highest BCUT2D eigenvalue weighted by Gasteiger charge is 2.33. The first-order chi connectivity index (χ1) is 7.77. The van der Waals surface area contributed by atoms with Crippen LogP contribution in [-0.4, -0.2) is 16.6 Å². The van der Waals surface area contributed by atoms with Crippen LogP contribution < -0.4 is 5.73 Å². The van der Waals surface area contributed by atoms with Crippen LogP contribution in [0.4, 0.5) is 18.9 Å². The standard InChI is InChI=1S/C9H9F3N2O3/c10-9(11,12)5-1-2-6(8(15)4-13)7(3-5)14(16)17/h1-3,8,15H,4,13H2. The van der Waals surface area contributed by atoms with Crippen molar-refractivity contribution < 1.29 is 23.2 Å². The fourth-order valence-corrected chi connectivity index (χ4v) is 1.29. The summed E-state index contributed by atoms with van der Waals surface area (Å²) < 4.78 is 37.0. The Morgan fingerprint density at radius 3 is 2.47 bits per heavy atom. The van der Waals surface area contributed by atoms with Crippen molar-refractivity contribution in [1.82, 2.24) is 0 Å². The molecule has 94 valence electrons. The van der Waals surface area contributed by atoms with Gasteiger partial charge in [0.15, 0.2) is 0 Å². The van der Waals surface area contributed by atoms with E-state index in [0.29, 0.717) is 12.1 Å². The Balaban J connectivity index is 3.32. The molecule has 0 saturated carbocycles. The minimum Gasteiger partial charge on any atom is -0.387 e. The van der Waals surface area contributed by atoms with Gasteiger partial charge in [-0.1, -0.05) is 0 Å². The van der Waals surface area contributed by atoms with E-state index in [1.54, 1.807) is 0 Å². The predicted molar refractivity (Wildman–Crippen MR) is 52.1 cm³/mol. The second kappa shape index (κ2) is 4.68. The van der Waals surface area contributed by atoms with Crippen molar-refractivity contribution >= 4 is 5.69 Å². The van der Waals surface area contributed by atoms with Crippen molar-refractivity contribution in [2.75, 3.05) is 6.54 Å². The monoisotopic (exact) mass is 250 g/mol. The van der Waals surface area contributed by atoms with Crippen molar-refractivity contribution in [3.63, 3.8) is 0 Å². The topological polar surface area (TPSA) is 89.4 Å². The molecular formula is C9H9F3N2O3. The molecule has 1 unspecified atom stereocenters. The normalized spacial score (nSPS) is 13.5. The Bertz CT molecular complexity index is 434. The molecule has 1 rings (SSSR count). The van der Waals surface area contributed by atoms with Crippen LogP contribution in [0.15, 0.2) is 18.2 Å². The number of aliphatic hydroxyl groups is 1. The third kappa shape index (κ3) is 2.92. The number of alkyl halides is 3. The second-order valence-corrected chi connectivity index (χ2v) is 3.28. The molecule has 0 fully saturated rings. The van der Waals surface area contributed by atoms with Crippen molar-refractivity contribution in [2.45, 2.75) is 12.3 Å². The van der Waals surface area contributed by atoms with Crippen molar-refractivity contribution in [1.29, 1.82) is 0 Å². The Hall–Kier alpha value is -1.67. The van der Waals surface area contributed by atoms with E-state index in [9.17, 15) is 28.4 Å². The van der Waals surface area contributed by atoms with Crippen LogP contribution in [0.2, 0.25) is 0 Å². The maximum Gasteiger partial charge on any atom is 0.416 e. The fourth-order valence-electron chi connectivity index (χ4n) is 1.29. The number of hydrogen-bond acceptors (Lipinski definition) is 4. The first-order valence-corrected chi connectivity index (χ1v) is 4.51. The average molecular weight is 250 g/mol. The van der Waals surface area contributed by atoms with Crippen molar-refractivity contribution in [3.05, 3.63) is 39.4 Å². The van der Waals surface area contributed by atoms with Gasteiger partial charge in [-0.2, -0.15) is 13.2 Å². The molecule has 0 spiro atoms. The molecule has 0 radical (unpaired) electrons. The molecule has 3 N–H and O–H groups in total. The number of nitro groups is 1. The van der Waals surface area contributed by atoms with Gasteiger partial charge in [-0.25, -0.2) is 0 Å². The summed E-state index contributed by atoms with van der Waals surface area (Å²) in [6.45, 7) is -0.313. The van der Waals surface area contributed by atoms with Gasteiger partial charge in [0.25, 0.3) is 5.69 Å². The van der Waals surface area contributed by atoms with Gasteiger partial charge in [-0.05, 0) is 12.1 Å². The summed E-state index contributed by atoms with van der Waals surface area (Å²) in [7, 11) is 0. The molecule has 1 aromatic rings. The third-order valence-corrected chi connectivity index (χ3v) is 2.14. The van der Waals surface area contributed by atoms with E-state index in [0.717, 1.165) is 6.07 Å². The van der Waals surface area contributed by atoms with Crippen LogP contribution in [0.3, 0.4) is 0 Å². The smallest absolute Gasteiger partial charge is 0.387 e. The van der Waals surface area contributed by atoms with Gasteiger partial charge < -0.3 is 10.8 Å². The lowest BCUT2D eigenvalue weighted by Crippen LogP contribution is -2.14. The summed E-state index contributed by atoms with van der Waals surface area (Å²) in [6.07, 6.45) is -6.03. The van der Waals surface area contributed by atoms with Gasteiger partial charge in [0.05, 0.1) is 22.2 Å². The molecule has 0 amide bonds. The van der Waals surface area contributed by atoms with Gasteiger partial charge in [-0.15, -0.1) is 0 Å². The predicted octanol–water partition coefficient (Wildman–Crippen LogP) is 1.61. The average Bonchev–Trinajstić information content (AvgIpc) is 2.25. The second-order valence-electron chi connectivity index (χ2n) is 3.28. The van der Waals surface area contributed by atoms with Gasteiger partial charge in [0.2, 0.25) is 0 Å². The largest absolute Gasteiger partial charge is 0.416 e. The number of halogens is 3. The molecular weight excluding hydrogens is 241 g/mol. The third-order valence-electron chi connectivity index (χ3n) is 2.14. The number of rotatable bonds is 3. The van der Waals surface area contributed by atoms with Gasteiger partial charge >= 0.3 is 6.18 Å². The molecule has 0 bridgehead atoms. The first kappa shape index (κ1) is 13.4. The minimum absolute atomic E-state index is 0.231. The Kier molecular flexibility index (Phi) is 3.69. The number of benzene rings is 1.